The Balaban J connectivity index is 1.75. The molecule has 1 aromatic heterocycles. The number of nitrogens with one attached hydrogen (secondary N) is 1. The van der Waals surface area contributed by atoms with Gasteiger partial charge in [0.2, 0.25) is 15.9 Å². The van der Waals surface area contributed by atoms with Crippen molar-refractivity contribution in [3.8, 4) is 0 Å². The number of aliphatic hydroxyl groups is 1. The number of rotatable bonds is 6. The molecule has 0 radical (unpaired) electrons. The van der Waals surface area contributed by atoms with Crippen molar-refractivity contribution in [1.29, 1.82) is 0 Å². The maximum atomic E-state index is 12.0. The molecule has 2 rings (SSSR count). The van der Waals surface area contributed by atoms with Crippen LogP contribution in [-0.2, 0) is 14.8 Å². The minimum atomic E-state index is -3.49. The predicted octanol–water partition coefficient (Wildman–Crippen LogP) is 0.647. The zero-order valence-corrected chi connectivity index (χ0v) is 13.3. The lowest BCUT2D eigenvalue weighted by Crippen LogP contribution is -2.40. The van der Waals surface area contributed by atoms with Crippen molar-refractivity contribution >= 4 is 27.3 Å². The Morgan fingerprint density at radius 1 is 1.43 bits per heavy atom. The van der Waals surface area contributed by atoms with E-state index in [-0.39, 0.29) is 35.6 Å². The number of aliphatic hydroxyl groups excluding tert-OH is 1. The summed E-state index contributed by atoms with van der Waals surface area (Å²) in [6.07, 6.45) is 1.78. The summed E-state index contributed by atoms with van der Waals surface area (Å²) in [5.41, 5.74) is 0. The first-order valence-electron chi connectivity index (χ1n) is 6.95. The van der Waals surface area contributed by atoms with Gasteiger partial charge in [0.25, 0.3) is 0 Å². The smallest absolute Gasteiger partial charge is 0.250 e. The second-order valence-corrected chi connectivity index (χ2v) is 8.03. The first kappa shape index (κ1) is 16.4. The van der Waals surface area contributed by atoms with Crippen molar-refractivity contribution in [3.05, 3.63) is 17.5 Å². The lowest BCUT2D eigenvalue weighted by atomic mass is 9.98. The fourth-order valence-corrected chi connectivity index (χ4v) is 4.37. The summed E-state index contributed by atoms with van der Waals surface area (Å²) in [6, 6.07) is 3.21. The molecule has 0 unspecified atom stereocenters. The van der Waals surface area contributed by atoms with Crippen LogP contribution in [-0.4, -0.2) is 50.6 Å². The molecule has 6 nitrogen and oxygen atoms in total. The van der Waals surface area contributed by atoms with Crippen molar-refractivity contribution in [2.45, 2.75) is 23.5 Å². The summed E-state index contributed by atoms with van der Waals surface area (Å²) >= 11 is 1.15. The Labute approximate surface area is 128 Å². The van der Waals surface area contributed by atoms with Gasteiger partial charge in [-0.25, -0.2) is 13.1 Å². The highest BCUT2D eigenvalue weighted by molar-refractivity contribution is 7.91. The van der Waals surface area contributed by atoms with Gasteiger partial charge in [0.05, 0.1) is 0 Å². The van der Waals surface area contributed by atoms with Crippen LogP contribution >= 0.6 is 11.3 Å². The van der Waals surface area contributed by atoms with Crippen molar-refractivity contribution in [1.82, 2.24) is 9.62 Å². The number of thiophene rings is 1. The van der Waals surface area contributed by atoms with Crippen molar-refractivity contribution in [3.63, 3.8) is 0 Å². The molecule has 0 spiro atoms. The largest absolute Gasteiger partial charge is 0.396 e. The zero-order valence-electron chi connectivity index (χ0n) is 11.7. The van der Waals surface area contributed by atoms with Gasteiger partial charge in [-0.3, -0.25) is 4.79 Å². The number of hydrogen-bond donors (Lipinski definition) is 2. The first-order valence-corrected chi connectivity index (χ1v) is 9.31. The van der Waals surface area contributed by atoms with E-state index in [2.05, 4.69) is 4.72 Å². The summed E-state index contributed by atoms with van der Waals surface area (Å²) in [4.78, 5) is 13.7. The van der Waals surface area contributed by atoms with Crippen LogP contribution in [0.15, 0.2) is 21.7 Å². The second-order valence-electron chi connectivity index (χ2n) is 5.09. The Morgan fingerprint density at radius 2 is 2.14 bits per heavy atom. The minimum Gasteiger partial charge on any atom is -0.396 e. The van der Waals surface area contributed by atoms with E-state index < -0.39 is 10.0 Å². The van der Waals surface area contributed by atoms with Crippen LogP contribution in [0.4, 0.5) is 0 Å². The van der Waals surface area contributed by atoms with Gasteiger partial charge >= 0.3 is 0 Å². The SMILES string of the molecule is O=C(CCNS(=O)(=O)c1cccs1)N1CCC(CO)CC1. The molecule has 0 saturated carbocycles. The Kier molecular flexibility index (Phi) is 5.74. The van der Waals surface area contributed by atoms with Crippen molar-refractivity contribution in [2.75, 3.05) is 26.2 Å². The van der Waals surface area contributed by atoms with Crippen molar-refractivity contribution < 1.29 is 18.3 Å². The first-order chi connectivity index (χ1) is 10.0. The molecular formula is C13H20N2O4S2. The molecule has 118 valence electrons. The predicted molar refractivity (Wildman–Crippen MR) is 80.5 cm³/mol. The van der Waals surface area contributed by atoms with Crippen LogP contribution in [0.2, 0.25) is 0 Å². The van der Waals surface area contributed by atoms with Gasteiger partial charge in [0.15, 0.2) is 0 Å². The van der Waals surface area contributed by atoms with Crippen LogP contribution in [0, 0.1) is 5.92 Å². The normalized spacial score (nSPS) is 17.1. The second kappa shape index (κ2) is 7.35. The molecule has 8 heteroatoms. The average Bonchev–Trinajstić information content (AvgIpc) is 3.02. The third kappa shape index (κ3) is 4.50. The number of likely N-dealkylation sites (tertiary alicyclic amines) is 1. The molecule has 0 bridgehead atoms. The highest BCUT2D eigenvalue weighted by Gasteiger charge is 2.22. The van der Waals surface area contributed by atoms with E-state index in [1.807, 2.05) is 0 Å². The van der Waals surface area contributed by atoms with Gasteiger partial charge in [-0.2, -0.15) is 0 Å². The average molecular weight is 332 g/mol. The van der Waals surface area contributed by atoms with Crippen LogP contribution in [0.3, 0.4) is 0 Å². The van der Waals surface area contributed by atoms with E-state index in [4.69, 9.17) is 5.11 Å². The molecule has 1 amide bonds. The Hall–Kier alpha value is -0.960. The number of piperidine rings is 1. The molecule has 0 aromatic carbocycles. The number of carbonyl (C=O) groups excluding carboxylic acids is 1. The Morgan fingerprint density at radius 3 is 2.71 bits per heavy atom. The van der Waals surface area contributed by atoms with E-state index in [0.29, 0.717) is 13.1 Å². The number of sulfonamides is 1. The number of nitrogens with zero attached hydrogens (tertiary/aromatic N) is 1. The van der Waals surface area contributed by atoms with E-state index in [0.717, 1.165) is 24.2 Å². The quantitative estimate of drug-likeness (QED) is 0.801. The van der Waals surface area contributed by atoms with E-state index in [1.54, 1.807) is 16.3 Å². The number of amides is 1. The summed E-state index contributed by atoms with van der Waals surface area (Å²) in [5, 5.41) is 10.8. The summed E-state index contributed by atoms with van der Waals surface area (Å²) in [7, 11) is -3.49. The third-order valence-corrected chi connectivity index (χ3v) is 6.47. The van der Waals surface area contributed by atoms with Crippen LogP contribution < -0.4 is 4.72 Å². The lowest BCUT2D eigenvalue weighted by Gasteiger charge is -2.31. The molecular weight excluding hydrogens is 312 g/mol. The molecule has 1 aromatic rings. The molecule has 1 fully saturated rings. The van der Waals surface area contributed by atoms with Crippen LogP contribution in [0.5, 0.6) is 0 Å². The topological polar surface area (TPSA) is 86.7 Å². The molecule has 0 atom stereocenters. The molecule has 1 saturated heterocycles. The lowest BCUT2D eigenvalue weighted by molar-refractivity contribution is -0.132. The van der Waals surface area contributed by atoms with Gasteiger partial charge in [0.1, 0.15) is 4.21 Å². The summed E-state index contributed by atoms with van der Waals surface area (Å²) in [5.74, 6) is 0.242. The van der Waals surface area contributed by atoms with Gasteiger partial charge in [-0.1, -0.05) is 6.07 Å². The highest BCUT2D eigenvalue weighted by Crippen LogP contribution is 2.17. The third-order valence-electron chi connectivity index (χ3n) is 3.62. The molecule has 21 heavy (non-hydrogen) atoms. The van der Waals surface area contributed by atoms with Gasteiger partial charge in [-0.15, -0.1) is 11.3 Å². The number of carbonyl (C=O) groups is 1. The summed E-state index contributed by atoms with van der Waals surface area (Å²) < 4.78 is 26.5. The van der Waals surface area contributed by atoms with E-state index in [1.165, 1.54) is 6.07 Å². The molecule has 1 aliphatic rings. The van der Waals surface area contributed by atoms with Gasteiger partial charge in [0, 0.05) is 32.7 Å². The fourth-order valence-electron chi connectivity index (χ4n) is 2.30. The van der Waals surface area contributed by atoms with Gasteiger partial charge < -0.3 is 10.0 Å². The maximum absolute atomic E-state index is 12.0. The summed E-state index contributed by atoms with van der Waals surface area (Å²) in [6.45, 7) is 1.56. The van der Waals surface area contributed by atoms with Crippen LogP contribution in [0.25, 0.3) is 0 Å². The van der Waals surface area contributed by atoms with E-state index >= 15 is 0 Å². The molecule has 2 heterocycles. The minimum absolute atomic E-state index is 0.0414. The molecule has 0 aliphatic carbocycles. The van der Waals surface area contributed by atoms with E-state index in [9.17, 15) is 13.2 Å². The Bertz CT molecular complexity index is 549. The fraction of sp³-hybridized carbons (Fsp3) is 0.615. The van der Waals surface area contributed by atoms with Crippen LogP contribution in [0.1, 0.15) is 19.3 Å². The van der Waals surface area contributed by atoms with Crippen molar-refractivity contribution in [2.24, 2.45) is 5.92 Å². The number of hydrogen-bond acceptors (Lipinski definition) is 5. The maximum Gasteiger partial charge on any atom is 0.250 e. The highest BCUT2D eigenvalue weighted by atomic mass is 32.2. The van der Waals surface area contributed by atoms with Gasteiger partial charge in [-0.05, 0) is 30.2 Å². The molecule has 2 N–H and O–H groups in total. The standard InChI is InChI=1S/C13H20N2O4S2/c16-10-11-4-7-15(8-5-11)12(17)3-6-14-21(18,19)13-2-1-9-20-13/h1-2,9,11,14,16H,3-8,10H2. The molecule has 1 aliphatic heterocycles. The monoisotopic (exact) mass is 332 g/mol. The zero-order chi connectivity index (χ0) is 15.3.